The van der Waals surface area contributed by atoms with Gasteiger partial charge in [-0.3, -0.25) is 10.1 Å². The van der Waals surface area contributed by atoms with Crippen LogP contribution in [0.25, 0.3) is 0 Å². The SMILES string of the molecule is CCNC(=O)C1CSCN1. The lowest BCUT2D eigenvalue weighted by Gasteiger charge is -2.07. The van der Waals surface area contributed by atoms with Crippen molar-refractivity contribution in [2.75, 3.05) is 18.2 Å². The molecule has 0 aliphatic carbocycles. The molecule has 1 aliphatic heterocycles. The van der Waals surface area contributed by atoms with Gasteiger partial charge in [0.05, 0.1) is 6.04 Å². The van der Waals surface area contributed by atoms with Crippen LogP contribution in [0.4, 0.5) is 0 Å². The van der Waals surface area contributed by atoms with Crippen LogP contribution in [-0.4, -0.2) is 30.1 Å². The second-order valence-electron chi connectivity index (χ2n) is 2.17. The minimum absolute atomic E-state index is 0.0462. The molecule has 0 radical (unpaired) electrons. The van der Waals surface area contributed by atoms with Crippen LogP contribution in [-0.2, 0) is 4.79 Å². The zero-order chi connectivity index (χ0) is 7.40. The van der Waals surface area contributed by atoms with E-state index in [1.54, 1.807) is 11.8 Å². The lowest BCUT2D eigenvalue weighted by atomic mass is 10.3. The average Bonchev–Trinajstić information content (AvgIpc) is 2.38. The molecular formula is C6H12N2OS. The Bertz CT molecular complexity index is 123. The fourth-order valence-corrected chi connectivity index (χ4v) is 1.80. The number of carbonyl (C=O) groups is 1. The summed E-state index contributed by atoms with van der Waals surface area (Å²) in [6.07, 6.45) is 0. The van der Waals surface area contributed by atoms with Crippen LogP contribution in [0.3, 0.4) is 0 Å². The minimum atomic E-state index is 0.0462. The number of likely N-dealkylation sites (N-methyl/N-ethyl adjacent to an activating group) is 1. The molecule has 1 atom stereocenters. The van der Waals surface area contributed by atoms with Gasteiger partial charge in [-0.1, -0.05) is 0 Å². The first-order valence-electron chi connectivity index (χ1n) is 3.43. The summed E-state index contributed by atoms with van der Waals surface area (Å²) in [6.45, 7) is 2.65. The van der Waals surface area contributed by atoms with E-state index in [-0.39, 0.29) is 11.9 Å². The summed E-state index contributed by atoms with van der Waals surface area (Å²) in [4.78, 5) is 11.1. The molecule has 1 unspecified atom stereocenters. The molecule has 0 aromatic rings. The number of thioether (sulfide) groups is 1. The Morgan fingerprint density at radius 2 is 2.70 bits per heavy atom. The average molecular weight is 160 g/mol. The molecule has 3 nitrogen and oxygen atoms in total. The van der Waals surface area contributed by atoms with Crippen LogP contribution in [0.1, 0.15) is 6.92 Å². The van der Waals surface area contributed by atoms with Crippen LogP contribution in [0, 0.1) is 0 Å². The van der Waals surface area contributed by atoms with E-state index in [4.69, 9.17) is 0 Å². The van der Waals surface area contributed by atoms with E-state index in [9.17, 15) is 4.79 Å². The molecule has 0 aromatic carbocycles. The van der Waals surface area contributed by atoms with Gasteiger partial charge in [0.1, 0.15) is 0 Å². The van der Waals surface area contributed by atoms with E-state index in [0.717, 1.165) is 18.2 Å². The van der Waals surface area contributed by atoms with Gasteiger partial charge in [0.25, 0.3) is 0 Å². The van der Waals surface area contributed by atoms with E-state index in [1.807, 2.05) is 6.92 Å². The van der Waals surface area contributed by atoms with Gasteiger partial charge in [-0.25, -0.2) is 0 Å². The Morgan fingerprint density at radius 3 is 3.20 bits per heavy atom. The highest BCUT2D eigenvalue weighted by atomic mass is 32.2. The van der Waals surface area contributed by atoms with Crippen molar-refractivity contribution in [2.24, 2.45) is 0 Å². The standard InChI is InChI=1S/C6H12N2OS/c1-2-7-6(9)5-3-10-4-8-5/h5,8H,2-4H2,1H3,(H,7,9). The third kappa shape index (κ3) is 1.88. The van der Waals surface area contributed by atoms with Gasteiger partial charge in [0.2, 0.25) is 5.91 Å². The van der Waals surface area contributed by atoms with Crippen LogP contribution in [0.15, 0.2) is 0 Å². The molecular weight excluding hydrogens is 148 g/mol. The second kappa shape index (κ2) is 3.83. The number of nitrogens with one attached hydrogen (secondary N) is 2. The molecule has 1 saturated heterocycles. The summed E-state index contributed by atoms with van der Waals surface area (Å²) in [7, 11) is 0. The van der Waals surface area contributed by atoms with Crippen molar-refractivity contribution >= 4 is 17.7 Å². The van der Waals surface area contributed by atoms with Gasteiger partial charge in [0.15, 0.2) is 0 Å². The summed E-state index contributed by atoms with van der Waals surface area (Å²) in [5.74, 6) is 1.95. The Kier molecular flexibility index (Phi) is 3.02. The van der Waals surface area contributed by atoms with Gasteiger partial charge >= 0.3 is 0 Å². The Hall–Kier alpha value is -0.220. The van der Waals surface area contributed by atoms with Crippen molar-refractivity contribution < 1.29 is 4.79 Å². The molecule has 1 aliphatic rings. The zero-order valence-corrected chi connectivity index (χ0v) is 6.83. The zero-order valence-electron chi connectivity index (χ0n) is 6.02. The molecule has 58 valence electrons. The van der Waals surface area contributed by atoms with Crippen molar-refractivity contribution in [1.29, 1.82) is 0 Å². The lowest BCUT2D eigenvalue weighted by Crippen LogP contribution is -2.41. The second-order valence-corrected chi connectivity index (χ2v) is 3.20. The summed E-state index contributed by atoms with van der Waals surface area (Å²) < 4.78 is 0. The van der Waals surface area contributed by atoms with E-state index >= 15 is 0 Å². The van der Waals surface area contributed by atoms with Crippen LogP contribution >= 0.6 is 11.8 Å². The Balaban J connectivity index is 2.25. The predicted octanol–water partition coefficient (Wildman–Crippen LogP) is -0.215. The first-order valence-corrected chi connectivity index (χ1v) is 4.59. The summed E-state index contributed by atoms with van der Waals surface area (Å²) in [5.41, 5.74) is 0. The van der Waals surface area contributed by atoms with Crippen molar-refractivity contribution in [3.05, 3.63) is 0 Å². The first kappa shape index (κ1) is 7.88. The number of amides is 1. The molecule has 4 heteroatoms. The van der Waals surface area contributed by atoms with Gasteiger partial charge < -0.3 is 5.32 Å². The van der Waals surface area contributed by atoms with Gasteiger partial charge in [0, 0.05) is 18.2 Å². The predicted molar refractivity (Wildman–Crippen MR) is 42.9 cm³/mol. The highest BCUT2D eigenvalue weighted by Gasteiger charge is 2.21. The maximum absolute atomic E-state index is 11.1. The Labute approximate surface area is 64.9 Å². The smallest absolute Gasteiger partial charge is 0.238 e. The van der Waals surface area contributed by atoms with Crippen molar-refractivity contribution in [3.63, 3.8) is 0 Å². The summed E-state index contributed by atoms with van der Waals surface area (Å²) in [5, 5.41) is 5.86. The van der Waals surface area contributed by atoms with Crippen molar-refractivity contribution in [2.45, 2.75) is 13.0 Å². The normalized spacial score (nSPS) is 24.7. The molecule has 1 amide bonds. The maximum Gasteiger partial charge on any atom is 0.238 e. The fourth-order valence-electron chi connectivity index (χ4n) is 0.861. The Morgan fingerprint density at radius 1 is 1.90 bits per heavy atom. The highest BCUT2D eigenvalue weighted by Crippen LogP contribution is 2.08. The number of hydrogen-bond acceptors (Lipinski definition) is 3. The third-order valence-electron chi connectivity index (χ3n) is 1.38. The topological polar surface area (TPSA) is 41.1 Å². The molecule has 2 N–H and O–H groups in total. The molecule has 0 saturated carbocycles. The van der Waals surface area contributed by atoms with Gasteiger partial charge in [-0.05, 0) is 6.92 Å². The summed E-state index contributed by atoms with van der Waals surface area (Å²) in [6, 6.07) is 0.0462. The van der Waals surface area contributed by atoms with Gasteiger partial charge in [-0.15, -0.1) is 11.8 Å². The number of carbonyl (C=O) groups excluding carboxylic acids is 1. The van der Waals surface area contributed by atoms with Crippen LogP contribution < -0.4 is 10.6 Å². The van der Waals surface area contributed by atoms with Crippen LogP contribution in [0.2, 0.25) is 0 Å². The molecule has 1 fully saturated rings. The molecule has 1 rings (SSSR count). The first-order chi connectivity index (χ1) is 4.84. The third-order valence-corrected chi connectivity index (χ3v) is 2.32. The molecule has 1 heterocycles. The quantitative estimate of drug-likeness (QED) is 0.587. The van der Waals surface area contributed by atoms with E-state index in [0.29, 0.717) is 0 Å². The number of rotatable bonds is 2. The van der Waals surface area contributed by atoms with Crippen LogP contribution in [0.5, 0.6) is 0 Å². The minimum Gasteiger partial charge on any atom is -0.355 e. The molecule has 10 heavy (non-hydrogen) atoms. The molecule has 0 bridgehead atoms. The highest BCUT2D eigenvalue weighted by molar-refractivity contribution is 7.99. The lowest BCUT2D eigenvalue weighted by molar-refractivity contribution is -0.122. The maximum atomic E-state index is 11.1. The summed E-state index contributed by atoms with van der Waals surface area (Å²) >= 11 is 1.76. The largest absolute Gasteiger partial charge is 0.355 e. The monoisotopic (exact) mass is 160 g/mol. The van der Waals surface area contributed by atoms with Crippen molar-refractivity contribution in [3.8, 4) is 0 Å². The number of hydrogen-bond donors (Lipinski definition) is 2. The van der Waals surface area contributed by atoms with Crippen molar-refractivity contribution in [1.82, 2.24) is 10.6 Å². The molecule has 0 spiro atoms. The molecule has 0 aromatic heterocycles. The van der Waals surface area contributed by atoms with Gasteiger partial charge in [-0.2, -0.15) is 0 Å². The fraction of sp³-hybridized carbons (Fsp3) is 0.833. The van der Waals surface area contributed by atoms with E-state index in [1.165, 1.54) is 0 Å². The van der Waals surface area contributed by atoms with E-state index in [2.05, 4.69) is 10.6 Å². The van der Waals surface area contributed by atoms with E-state index < -0.39 is 0 Å².